The molecule has 0 radical (unpaired) electrons. The van der Waals surface area contributed by atoms with Crippen LogP contribution in [0.2, 0.25) is 0 Å². The van der Waals surface area contributed by atoms with E-state index >= 15 is 0 Å². The normalized spacial score (nSPS) is 20.5. The van der Waals surface area contributed by atoms with Crippen LogP contribution in [0.25, 0.3) is 0 Å². The first-order chi connectivity index (χ1) is 11.9. The van der Waals surface area contributed by atoms with Crippen LogP contribution in [0.4, 0.5) is 0 Å². The minimum Gasteiger partial charge on any atom is -0.346 e. The van der Waals surface area contributed by atoms with Crippen LogP contribution < -0.4 is 0 Å². The summed E-state index contributed by atoms with van der Waals surface area (Å²) in [5, 5.41) is 0. The van der Waals surface area contributed by atoms with E-state index in [2.05, 4.69) is 82.7 Å². The smallest absolute Gasteiger partial charge is 0.0405 e. The Morgan fingerprint density at radius 2 is 0.792 bits per heavy atom. The highest BCUT2D eigenvalue weighted by atomic mass is 15.2. The molecule has 4 aliphatic rings. The summed E-state index contributed by atoms with van der Waals surface area (Å²) in [5.41, 5.74) is 5.67. The fraction of sp³-hybridized carbons (Fsp3) is 0.273. The Morgan fingerprint density at radius 1 is 0.500 bits per heavy atom. The molecule has 24 heavy (non-hydrogen) atoms. The van der Waals surface area contributed by atoms with E-state index in [9.17, 15) is 0 Å². The van der Waals surface area contributed by atoms with E-state index in [0.29, 0.717) is 0 Å². The van der Waals surface area contributed by atoms with E-state index in [1.54, 1.807) is 0 Å². The van der Waals surface area contributed by atoms with Crippen LogP contribution in [0.5, 0.6) is 0 Å². The average molecular weight is 316 g/mol. The highest BCUT2D eigenvalue weighted by Crippen LogP contribution is 2.28. The number of allylic oxidation sites excluding steroid dienone is 12. The van der Waals surface area contributed by atoms with Gasteiger partial charge in [-0.05, 0) is 24.3 Å². The predicted octanol–water partition coefficient (Wildman–Crippen LogP) is 4.97. The van der Waals surface area contributed by atoms with Crippen molar-refractivity contribution in [1.29, 1.82) is 0 Å². The summed E-state index contributed by atoms with van der Waals surface area (Å²) in [7, 11) is 0. The molecule has 0 heterocycles. The Hall–Kier alpha value is -2.48. The van der Waals surface area contributed by atoms with Crippen LogP contribution >= 0.6 is 0 Å². The van der Waals surface area contributed by atoms with Crippen molar-refractivity contribution in [3.05, 3.63) is 95.7 Å². The Bertz CT molecular complexity index is 614. The van der Waals surface area contributed by atoms with E-state index in [0.717, 1.165) is 38.8 Å². The third-order valence-electron chi connectivity index (χ3n) is 4.94. The minimum atomic E-state index is 1.02. The van der Waals surface area contributed by atoms with Gasteiger partial charge in [-0.25, -0.2) is 0 Å². The van der Waals surface area contributed by atoms with Gasteiger partial charge in [0, 0.05) is 61.6 Å². The Balaban J connectivity index is 1.48. The lowest BCUT2D eigenvalue weighted by Gasteiger charge is -2.33. The summed E-state index contributed by atoms with van der Waals surface area (Å²) in [5.74, 6) is 0. The molecule has 0 aromatic heterocycles. The summed E-state index contributed by atoms with van der Waals surface area (Å²) in [6.45, 7) is 2.05. The van der Waals surface area contributed by atoms with Crippen molar-refractivity contribution in [2.75, 3.05) is 13.1 Å². The van der Waals surface area contributed by atoms with Crippen molar-refractivity contribution in [3.63, 3.8) is 0 Å². The summed E-state index contributed by atoms with van der Waals surface area (Å²) in [6.07, 6.45) is 30.9. The highest BCUT2D eigenvalue weighted by Gasteiger charge is 2.20. The molecule has 0 fully saturated rings. The van der Waals surface area contributed by atoms with Crippen molar-refractivity contribution in [2.24, 2.45) is 0 Å². The van der Waals surface area contributed by atoms with Gasteiger partial charge in [0.15, 0.2) is 0 Å². The molecule has 0 spiro atoms. The average Bonchev–Trinajstić information content (AvgIpc) is 3.42. The van der Waals surface area contributed by atoms with E-state index in [4.69, 9.17) is 0 Å². The predicted molar refractivity (Wildman–Crippen MR) is 101 cm³/mol. The first-order valence-electron chi connectivity index (χ1n) is 8.90. The Kier molecular flexibility index (Phi) is 4.37. The van der Waals surface area contributed by atoms with Crippen LogP contribution in [0.1, 0.15) is 25.7 Å². The molecule has 0 N–H and O–H groups in total. The molecule has 4 aliphatic carbocycles. The molecule has 0 aromatic rings. The van der Waals surface area contributed by atoms with Crippen molar-refractivity contribution in [1.82, 2.24) is 9.80 Å². The van der Waals surface area contributed by atoms with E-state index < -0.39 is 0 Å². The summed E-state index contributed by atoms with van der Waals surface area (Å²) < 4.78 is 0. The molecular formula is C22H24N2. The maximum atomic E-state index is 2.51. The quantitative estimate of drug-likeness (QED) is 0.654. The second-order valence-corrected chi connectivity index (χ2v) is 6.46. The number of hydrogen-bond donors (Lipinski definition) is 0. The summed E-state index contributed by atoms with van der Waals surface area (Å²) >= 11 is 0. The van der Waals surface area contributed by atoms with Gasteiger partial charge < -0.3 is 9.80 Å². The monoisotopic (exact) mass is 316 g/mol. The first kappa shape index (κ1) is 15.1. The third kappa shape index (κ3) is 3.09. The van der Waals surface area contributed by atoms with Crippen molar-refractivity contribution >= 4 is 0 Å². The Morgan fingerprint density at radius 3 is 1.00 bits per heavy atom. The number of hydrogen-bond acceptors (Lipinski definition) is 2. The van der Waals surface area contributed by atoms with Gasteiger partial charge in [-0.2, -0.15) is 0 Å². The van der Waals surface area contributed by atoms with Crippen molar-refractivity contribution in [2.45, 2.75) is 25.7 Å². The molecular weight excluding hydrogens is 292 g/mol. The molecule has 2 nitrogen and oxygen atoms in total. The van der Waals surface area contributed by atoms with Crippen LogP contribution in [-0.4, -0.2) is 22.9 Å². The lowest BCUT2D eigenvalue weighted by atomic mass is 10.2. The Labute approximate surface area is 144 Å². The van der Waals surface area contributed by atoms with Gasteiger partial charge in [-0.3, -0.25) is 0 Å². The van der Waals surface area contributed by atoms with Gasteiger partial charge in [0.1, 0.15) is 0 Å². The maximum absolute atomic E-state index is 2.51. The summed E-state index contributed by atoms with van der Waals surface area (Å²) in [4.78, 5) is 5.03. The fourth-order valence-corrected chi connectivity index (χ4v) is 3.69. The van der Waals surface area contributed by atoms with E-state index in [1.807, 2.05) is 0 Å². The zero-order chi connectivity index (χ0) is 16.2. The second kappa shape index (κ2) is 6.96. The molecule has 2 heteroatoms. The van der Waals surface area contributed by atoms with Gasteiger partial charge in [0.25, 0.3) is 0 Å². The molecule has 0 unspecified atom stereocenters. The minimum absolute atomic E-state index is 1.02. The molecule has 122 valence electrons. The zero-order valence-electron chi connectivity index (χ0n) is 14.1. The molecule has 0 bridgehead atoms. The van der Waals surface area contributed by atoms with Gasteiger partial charge >= 0.3 is 0 Å². The second-order valence-electron chi connectivity index (χ2n) is 6.46. The molecule has 0 saturated heterocycles. The highest BCUT2D eigenvalue weighted by molar-refractivity contribution is 5.33. The van der Waals surface area contributed by atoms with Gasteiger partial charge in [0.2, 0.25) is 0 Å². The van der Waals surface area contributed by atoms with Crippen molar-refractivity contribution in [3.8, 4) is 0 Å². The van der Waals surface area contributed by atoms with Crippen LogP contribution in [0.15, 0.2) is 95.7 Å². The SMILES string of the molecule is C1=CCC(N(CCN(C2=CC=CC2)C2=CC=CC2)C2=CC=CC2)=C1. The molecule has 0 aromatic carbocycles. The maximum Gasteiger partial charge on any atom is 0.0405 e. The van der Waals surface area contributed by atoms with Gasteiger partial charge in [-0.1, -0.05) is 48.6 Å². The van der Waals surface area contributed by atoms with Crippen LogP contribution in [0.3, 0.4) is 0 Å². The van der Waals surface area contributed by atoms with Crippen molar-refractivity contribution < 1.29 is 0 Å². The van der Waals surface area contributed by atoms with Crippen LogP contribution in [-0.2, 0) is 0 Å². The molecule has 4 rings (SSSR count). The molecule has 0 amide bonds. The topological polar surface area (TPSA) is 6.48 Å². The summed E-state index contributed by atoms with van der Waals surface area (Å²) in [6, 6.07) is 0. The van der Waals surface area contributed by atoms with E-state index in [1.165, 1.54) is 22.8 Å². The standard InChI is InChI=1S/C22H24N2/c1-2-10-19(9-1)23(20-11-3-4-12-20)17-18-24(21-13-5-6-14-21)22-15-7-8-16-22/h1-9,11,13,15H,10,12,14,16-18H2. The molecule has 0 atom stereocenters. The van der Waals surface area contributed by atoms with Gasteiger partial charge in [-0.15, -0.1) is 0 Å². The van der Waals surface area contributed by atoms with Crippen LogP contribution in [0, 0.1) is 0 Å². The lowest BCUT2D eigenvalue weighted by molar-refractivity contribution is 0.332. The lowest BCUT2D eigenvalue weighted by Crippen LogP contribution is -2.33. The third-order valence-corrected chi connectivity index (χ3v) is 4.94. The van der Waals surface area contributed by atoms with Gasteiger partial charge in [0.05, 0.1) is 0 Å². The zero-order valence-corrected chi connectivity index (χ0v) is 14.1. The number of rotatable bonds is 7. The number of nitrogens with zero attached hydrogens (tertiary/aromatic N) is 2. The van der Waals surface area contributed by atoms with E-state index in [-0.39, 0.29) is 0 Å². The first-order valence-corrected chi connectivity index (χ1v) is 8.90. The molecule has 0 aliphatic heterocycles. The largest absolute Gasteiger partial charge is 0.346 e. The fourth-order valence-electron chi connectivity index (χ4n) is 3.69. The molecule has 0 saturated carbocycles.